The molecule has 3 aromatic carbocycles. The van der Waals surface area contributed by atoms with Gasteiger partial charge in [0.05, 0.1) is 0 Å². The van der Waals surface area contributed by atoms with Gasteiger partial charge in [0.2, 0.25) is 0 Å². The van der Waals surface area contributed by atoms with E-state index in [1.165, 1.54) is 28.3 Å². The summed E-state index contributed by atoms with van der Waals surface area (Å²) in [6.07, 6.45) is -0.333. The van der Waals surface area contributed by atoms with Crippen molar-refractivity contribution in [1.82, 2.24) is 9.80 Å². The molecule has 0 atom stereocenters. The van der Waals surface area contributed by atoms with Crippen molar-refractivity contribution in [2.45, 2.75) is 39.0 Å². The highest BCUT2D eigenvalue weighted by atomic mass is 32.3. The Morgan fingerprint density at radius 1 is 0.976 bits per heavy atom. The average molecular weight is 607 g/mol. The smallest absolute Gasteiger partial charge is 0.448 e. The number of fused-ring (bicyclic) bond motifs is 3. The Kier molecular flexibility index (Phi) is 8.46. The Morgan fingerprint density at radius 2 is 1.57 bits per heavy atom. The van der Waals surface area contributed by atoms with E-state index < -0.39 is 18.6 Å². The van der Waals surface area contributed by atoms with E-state index in [0.717, 1.165) is 11.1 Å². The van der Waals surface area contributed by atoms with E-state index in [2.05, 4.69) is 64.5 Å². The molecule has 1 amide bonds. The van der Waals surface area contributed by atoms with Crippen molar-refractivity contribution < 1.29 is 26.0 Å². The Bertz CT molecular complexity index is 1620. The molecule has 0 saturated carbocycles. The molecule has 3 aromatic rings. The first-order valence-corrected chi connectivity index (χ1v) is 18.8. The molecule has 0 unspecified atom stereocenters. The number of benzene rings is 3. The van der Waals surface area contributed by atoms with Gasteiger partial charge in [-0.1, -0.05) is 78.0 Å². The zero-order valence-corrected chi connectivity index (χ0v) is 26.1. The summed E-state index contributed by atoms with van der Waals surface area (Å²) in [5, 5.41) is 0. The molecule has 7 nitrogen and oxygen atoms in total. The first-order valence-electron chi connectivity index (χ1n) is 14.0. The number of hydrogen-bond donors (Lipinski definition) is 0. The van der Waals surface area contributed by atoms with Gasteiger partial charge in [0.1, 0.15) is 20.4 Å². The van der Waals surface area contributed by atoms with Gasteiger partial charge in [0.15, 0.2) is 0 Å². The van der Waals surface area contributed by atoms with Gasteiger partial charge >= 0.3 is 16.6 Å². The average Bonchev–Trinajstić information content (AvgIpc) is 3.25. The van der Waals surface area contributed by atoms with Crippen LogP contribution in [0.15, 0.2) is 60.7 Å². The van der Waals surface area contributed by atoms with Crippen LogP contribution in [0.4, 0.5) is 8.68 Å². The molecule has 0 aromatic heterocycles. The third kappa shape index (κ3) is 7.03. The lowest BCUT2D eigenvalue weighted by Gasteiger charge is -2.34. The van der Waals surface area contributed by atoms with Crippen LogP contribution >= 0.6 is 0 Å². The quantitative estimate of drug-likeness (QED) is 0.198. The van der Waals surface area contributed by atoms with E-state index in [9.17, 15) is 17.1 Å². The van der Waals surface area contributed by atoms with Crippen LogP contribution < -0.4 is 4.18 Å². The first kappa shape index (κ1) is 29.8. The molecule has 0 spiro atoms. The van der Waals surface area contributed by atoms with Crippen molar-refractivity contribution in [3.05, 3.63) is 88.5 Å². The normalized spacial score (nSPS) is 15.4. The summed E-state index contributed by atoms with van der Waals surface area (Å²) in [5.74, 6) is 3.06. The van der Waals surface area contributed by atoms with Crippen LogP contribution in [-0.4, -0.2) is 65.2 Å². The SMILES string of the molecule is Cc1c(C#C[Si](C)(C)C)cc(OS(=O)(=O)F)cc1CN1CCN(C(=O)OCC2c3ccccc3-c3ccccc32)CC1. The number of ether oxygens (including phenoxy) is 1. The molecule has 0 bridgehead atoms. The molecule has 2 aliphatic rings. The van der Waals surface area contributed by atoms with Gasteiger partial charge in [-0.05, 0) is 52.4 Å². The summed E-state index contributed by atoms with van der Waals surface area (Å²) in [6.45, 7) is 11.2. The number of rotatable bonds is 6. The molecule has 10 heteroatoms. The molecule has 1 fully saturated rings. The van der Waals surface area contributed by atoms with Crippen molar-refractivity contribution in [1.29, 1.82) is 0 Å². The third-order valence-corrected chi connectivity index (χ3v) is 8.88. The van der Waals surface area contributed by atoms with Gasteiger partial charge < -0.3 is 13.8 Å². The molecule has 5 rings (SSSR count). The molecule has 1 aliphatic carbocycles. The number of amides is 1. The Labute approximate surface area is 248 Å². The lowest BCUT2D eigenvalue weighted by molar-refractivity contribution is 0.0728. The Balaban J connectivity index is 1.22. The maximum Gasteiger partial charge on any atom is 0.488 e. The Morgan fingerprint density at radius 3 is 2.14 bits per heavy atom. The fourth-order valence-corrected chi connectivity index (χ4v) is 6.31. The van der Waals surface area contributed by atoms with Gasteiger partial charge in [-0.25, -0.2) is 4.79 Å². The molecule has 1 saturated heterocycles. The van der Waals surface area contributed by atoms with Crippen molar-refractivity contribution in [2.24, 2.45) is 0 Å². The number of carbonyl (C=O) groups excluding carboxylic acids is 1. The van der Waals surface area contributed by atoms with Crippen LogP contribution in [0.5, 0.6) is 5.75 Å². The van der Waals surface area contributed by atoms with Gasteiger partial charge in [-0.15, -0.1) is 5.54 Å². The van der Waals surface area contributed by atoms with E-state index in [1.807, 2.05) is 31.2 Å². The van der Waals surface area contributed by atoms with Crippen LogP contribution in [-0.2, 0) is 21.8 Å². The Hall–Kier alpha value is -3.65. The van der Waals surface area contributed by atoms with E-state index >= 15 is 0 Å². The summed E-state index contributed by atoms with van der Waals surface area (Å²) in [4.78, 5) is 16.9. The maximum atomic E-state index is 13.4. The van der Waals surface area contributed by atoms with E-state index in [0.29, 0.717) is 38.3 Å². The van der Waals surface area contributed by atoms with Crippen molar-refractivity contribution in [3.63, 3.8) is 0 Å². The highest BCUT2D eigenvalue weighted by molar-refractivity contribution is 7.81. The fourth-order valence-electron chi connectivity index (χ4n) is 5.47. The number of hydrogen-bond acceptors (Lipinski definition) is 6. The van der Waals surface area contributed by atoms with Gasteiger partial charge in [-0.3, -0.25) is 4.90 Å². The van der Waals surface area contributed by atoms with Gasteiger partial charge in [0.25, 0.3) is 0 Å². The summed E-state index contributed by atoms with van der Waals surface area (Å²) < 4.78 is 46.2. The molecule has 220 valence electrons. The second kappa shape index (κ2) is 11.9. The molecular formula is C32H35FN2O5SSi. The van der Waals surface area contributed by atoms with E-state index in [1.54, 1.807) is 11.0 Å². The molecule has 0 radical (unpaired) electrons. The molecule has 1 aliphatic heterocycles. The second-order valence-corrected chi connectivity index (χ2v) is 17.5. The standard InChI is InChI=1S/C32H35FN2O5SSi/c1-23-24(13-18-42(2,3)4)19-26(40-41(33,37)38)20-25(23)21-34-14-16-35(17-15-34)32(36)39-22-31-29-11-7-5-9-27(29)28-10-6-8-12-30(28)31/h5-12,19-20,31H,14-17,21-22H2,1-4H3. The molecule has 0 N–H and O–H groups in total. The van der Waals surface area contributed by atoms with E-state index in [-0.39, 0.29) is 24.4 Å². The minimum Gasteiger partial charge on any atom is -0.448 e. The van der Waals surface area contributed by atoms with Crippen LogP contribution in [0.25, 0.3) is 11.1 Å². The van der Waals surface area contributed by atoms with E-state index in [4.69, 9.17) is 4.74 Å². The summed E-state index contributed by atoms with van der Waals surface area (Å²) >= 11 is 0. The lowest BCUT2D eigenvalue weighted by atomic mass is 9.98. The zero-order valence-electron chi connectivity index (χ0n) is 24.3. The highest BCUT2D eigenvalue weighted by Crippen LogP contribution is 2.44. The number of nitrogens with zero attached hydrogens (tertiary/aromatic N) is 2. The van der Waals surface area contributed by atoms with Crippen LogP contribution in [0.3, 0.4) is 0 Å². The number of piperazine rings is 1. The highest BCUT2D eigenvalue weighted by Gasteiger charge is 2.30. The minimum absolute atomic E-state index is 0.00601. The number of halogens is 1. The predicted octanol–water partition coefficient (Wildman–Crippen LogP) is 5.88. The lowest BCUT2D eigenvalue weighted by Crippen LogP contribution is -2.48. The van der Waals surface area contributed by atoms with Crippen LogP contribution in [0, 0.1) is 18.4 Å². The van der Waals surface area contributed by atoms with Crippen molar-refractivity contribution >= 4 is 24.7 Å². The fraction of sp³-hybridized carbons (Fsp3) is 0.344. The van der Waals surface area contributed by atoms with Crippen LogP contribution in [0.1, 0.15) is 33.7 Å². The van der Waals surface area contributed by atoms with Crippen molar-refractivity contribution in [2.75, 3.05) is 32.8 Å². The zero-order chi connectivity index (χ0) is 30.1. The molecular weight excluding hydrogens is 572 g/mol. The van der Waals surface area contributed by atoms with Gasteiger partial charge in [-0.2, -0.15) is 8.42 Å². The first-order chi connectivity index (χ1) is 19.9. The van der Waals surface area contributed by atoms with Crippen molar-refractivity contribution in [3.8, 4) is 28.3 Å². The summed E-state index contributed by atoms with van der Waals surface area (Å²) in [5.41, 5.74) is 10.3. The summed E-state index contributed by atoms with van der Waals surface area (Å²) in [6, 6.07) is 19.5. The van der Waals surface area contributed by atoms with Crippen LogP contribution in [0.2, 0.25) is 19.6 Å². The summed E-state index contributed by atoms with van der Waals surface area (Å²) in [7, 11) is -6.88. The molecule has 1 heterocycles. The number of carbonyl (C=O) groups is 1. The monoisotopic (exact) mass is 606 g/mol. The minimum atomic E-state index is -5.17. The topological polar surface area (TPSA) is 76.2 Å². The molecule has 42 heavy (non-hydrogen) atoms. The van der Waals surface area contributed by atoms with Gasteiger partial charge in [0, 0.05) is 44.2 Å². The maximum absolute atomic E-state index is 13.4. The largest absolute Gasteiger partial charge is 0.488 e. The predicted molar refractivity (Wildman–Crippen MR) is 164 cm³/mol. The second-order valence-electron chi connectivity index (χ2n) is 11.8. The third-order valence-electron chi connectivity index (χ3n) is 7.62.